The van der Waals surface area contributed by atoms with Crippen molar-refractivity contribution in [3.63, 3.8) is 0 Å². The van der Waals surface area contributed by atoms with E-state index in [-0.39, 0.29) is 131 Å². The Morgan fingerprint density at radius 1 is 0.397 bits per heavy atom. The van der Waals surface area contributed by atoms with Crippen LogP contribution in [-0.4, -0.2) is 204 Å². The molecule has 5 unspecified atom stereocenters. The SMILES string of the molecule is C=C(C)C(=O)OCc1ccccc1.C=CC=O.CC1(C(=O)O)CCC(F)(F)CO1.CC1(C(=O)OCc2ccccc2)CCC(=O)CO1.CC1(C(=O)OCc2ccccc2)CCC(F)(F)CO1.CC1(C(=O)OCc2ccccc2)CCC=CO1.CC1(C(=O)OCc2ccccn2)CCC(F)(F)CO1.C[C@@]1(C(=O)O)CCC(F)(F)CO1.C[C@]1(C(=O)O)CCC(F)(F)CO1.OCc1ccccn1.[Na+].[OH-]. The zero-order valence-electron chi connectivity index (χ0n) is 77.2. The van der Waals surface area contributed by atoms with Gasteiger partial charge in [-0.1, -0.05) is 147 Å². The predicted molar refractivity (Wildman–Crippen MR) is 464 cm³/mol. The maximum atomic E-state index is 13.0. The van der Waals surface area contributed by atoms with E-state index in [1.165, 1.54) is 40.7 Å². The number of halogens is 10. The number of carbonyl (C=O) groups is 10. The van der Waals surface area contributed by atoms with Gasteiger partial charge in [0.2, 0.25) is 5.60 Å². The van der Waals surface area contributed by atoms with Gasteiger partial charge < -0.3 is 82.7 Å². The number of esters is 5. The topological polar surface area (TPSA) is 418 Å². The van der Waals surface area contributed by atoms with Crippen LogP contribution in [0.3, 0.4) is 0 Å². The molecule has 0 aliphatic carbocycles. The fourth-order valence-electron chi connectivity index (χ4n) is 11.5. The van der Waals surface area contributed by atoms with Crippen molar-refractivity contribution in [3.05, 3.63) is 241 Å². The van der Waals surface area contributed by atoms with E-state index in [1.54, 1.807) is 63.7 Å². The first kappa shape index (κ1) is 121. The van der Waals surface area contributed by atoms with Crippen molar-refractivity contribution in [1.29, 1.82) is 0 Å². The number of Topliss-reactive ketones (excluding diaryl/α,β-unsaturated/α-hetero) is 1. The first-order valence-electron chi connectivity index (χ1n) is 42.2. The van der Waals surface area contributed by atoms with Gasteiger partial charge in [-0.15, -0.1) is 0 Å². The molecule has 2 aromatic heterocycles. The molecule has 6 fully saturated rings. The van der Waals surface area contributed by atoms with Crippen LogP contribution in [0, 0.1) is 0 Å². The van der Waals surface area contributed by atoms with E-state index >= 15 is 0 Å². The number of aliphatic hydroxyl groups is 1. The number of carbonyl (C=O) groups excluding carboxylic acids is 7. The van der Waals surface area contributed by atoms with Crippen molar-refractivity contribution < 1.29 is 204 Å². The van der Waals surface area contributed by atoms with Gasteiger partial charge >= 0.3 is 77.3 Å². The van der Waals surface area contributed by atoms with Crippen molar-refractivity contribution in [2.24, 2.45) is 0 Å². The second-order valence-corrected chi connectivity index (χ2v) is 32.9. The number of aromatic nitrogens is 2. The van der Waals surface area contributed by atoms with Crippen LogP contribution in [-0.2, 0) is 144 Å². The summed E-state index contributed by atoms with van der Waals surface area (Å²) >= 11 is 0. The molecule has 6 saturated heterocycles. The molecule has 7 aliphatic rings. The molecule has 4 aromatic carbocycles. The molecule has 0 bridgehead atoms. The van der Waals surface area contributed by atoms with Crippen LogP contribution in [0.15, 0.2) is 207 Å². The van der Waals surface area contributed by atoms with Gasteiger partial charge in [-0.25, -0.2) is 82.3 Å². The molecule has 0 radical (unpaired) electrons. The number of ether oxygens (including phenoxy) is 12. The van der Waals surface area contributed by atoms with Gasteiger partial charge in [-0.2, -0.15) is 0 Å². The standard InChI is InChI=1S/C14H16F2O3.C14H16O4.C14H16O3.C13H15F2NO3.C11H12O2.3C7H10F2O3.C6H7NO.C3H4O.Na.H2O/c1-13(7-8-14(15,16)10-19-13)12(17)18-9-11-5-3-2-4-6-11;1-14(8-7-12(15)10-18-14)13(16)17-9-11-5-3-2-4-6-11;1-14(9-5-6-10-17-14)13(15)16-11-12-7-3-2-4-8-12;1-12(5-6-13(14,15)9-19-12)11(17)18-8-10-4-2-3-7-16-10;1-9(2)11(12)13-8-10-6-4-3-5-7-10;3*1-6(5(10)11)2-3-7(8,9)4-12-6;8-5-6-3-1-2-4-7-6;1-2-3-4;;/h2-6H,7-10H2,1H3;2-6H,7-10H2,1H3;2-4,6-8,10H,5,9,11H2,1H3;2-4,7H,5-6,8-9H2,1H3;3-7H,1,8H2,2H3;3*2-4H2,1H3,(H,10,11);1-4,8H,5H2;2-3H,1H2;;1H2/q;;;;;;;;;;+1;/p-1/t;;;;;2*6-;;;;;/m.....10...../s1. The Hall–Kier alpha value is -10.7. The van der Waals surface area contributed by atoms with E-state index in [2.05, 4.69) is 37.3 Å². The number of benzene rings is 4. The Bertz CT molecular complexity index is 4470. The molecule has 0 saturated carbocycles. The summed E-state index contributed by atoms with van der Waals surface area (Å²) in [6, 6.07) is 48.5. The van der Waals surface area contributed by atoms with Crippen molar-refractivity contribution in [3.8, 4) is 0 Å². The number of carboxylic acid groups (broad SMARTS) is 3. The van der Waals surface area contributed by atoms with Crippen LogP contribution in [0.4, 0.5) is 43.9 Å². The van der Waals surface area contributed by atoms with Gasteiger partial charge in [0.25, 0.3) is 29.6 Å². The van der Waals surface area contributed by atoms with Gasteiger partial charge in [0.05, 0.1) is 24.3 Å². The third-order valence-corrected chi connectivity index (χ3v) is 20.8. The number of nitrogens with zero attached hydrogens (tertiary/aromatic N) is 2. The van der Waals surface area contributed by atoms with Crippen LogP contribution < -0.4 is 29.6 Å². The minimum absolute atomic E-state index is 0. The minimum Gasteiger partial charge on any atom is -0.870 e. The number of aldehydes is 1. The van der Waals surface area contributed by atoms with Crippen molar-refractivity contribution in [2.45, 2.75) is 254 Å². The smallest absolute Gasteiger partial charge is 0.870 e. The molecular weight excluding hydrogens is 1830 g/mol. The first-order valence-corrected chi connectivity index (χ1v) is 42.2. The Balaban J connectivity index is 0.000000518. The number of hydrogen-bond donors (Lipinski definition) is 4. The Kier molecular flexibility index (Phi) is 51.3. The van der Waals surface area contributed by atoms with E-state index < -0.39 is 157 Å². The van der Waals surface area contributed by atoms with Crippen LogP contribution in [0.5, 0.6) is 0 Å². The zero-order valence-corrected chi connectivity index (χ0v) is 79.2. The number of hydrogen-bond acceptors (Lipinski definition) is 26. The number of rotatable bonds is 20. The molecule has 7 atom stereocenters. The number of ketones is 1. The first-order chi connectivity index (χ1) is 62.7. The summed E-state index contributed by atoms with van der Waals surface area (Å²) in [7, 11) is 0. The van der Waals surface area contributed by atoms with Gasteiger partial charge in [-0.05, 0) is 159 Å². The third-order valence-electron chi connectivity index (χ3n) is 20.8. The van der Waals surface area contributed by atoms with Crippen LogP contribution in [0.25, 0.3) is 0 Å². The average molecular weight is 1940 g/mol. The van der Waals surface area contributed by atoms with Crippen molar-refractivity contribution in [2.75, 3.05) is 39.6 Å². The molecule has 5 N–H and O–H groups in total. The molecule has 0 spiro atoms. The normalized spacial score (nSPS) is 23.9. The number of pyridine rings is 2. The number of alkyl halides is 10. The Labute approximate surface area is 803 Å². The predicted octanol–water partition coefficient (Wildman–Crippen LogP) is 13.8. The summed E-state index contributed by atoms with van der Waals surface area (Å²) < 4.78 is 187. The number of aliphatic carboxylic acids is 3. The summed E-state index contributed by atoms with van der Waals surface area (Å²) in [4.78, 5) is 118. The number of aliphatic hydroxyl groups excluding tert-OH is 1. The van der Waals surface area contributed by atoms with Crippen molar-refractivity contribution in [1.82, 2.24) is 9.97 Å². The molecule has 13 rings (SSSR count). The second-order valence-electron chi connectivity index (χ2n) is 32.9. The van der Waals surface area contributed by atoms with Gasteiger partial charge in [-0.3, -0.25) is 19.6 Å². The van der Waals surface area contributed by atoms with Gasteiger partial charge in [0.1, 0.15) is 79.0 Å². The third kappa shape index (κ3) is 44.6. The second kappa shape index (κ2) is 57.5. The number of allylic oxidation sites excluding steroid dienone is 2. The van der Waals surface area contributed by atoms with Crippen LogP contribution >= 0.6 is 0 Å². The quantitative estimate of drug-likeness (QED) is 0.0138. The minimum atomic E-state index is -2.87. The summed E-state index contributed by atoms with van der Waals surface area (Å²) in [6.45, 7) is 15.7. The molecule has 6 aromatic rings. The maximum Gasteiger partial charge on any atom is 1.00 e. The fraction of sp³-hybridized carbons (Fsp3) is 0.479. The molecule has 744 valence electrons. The van der Waals surface area contributed by atoms with Gasteiger partial charge in [0.15, 0.2) is 39.4 Å². The Morgan fingerprint density at radius 3 is 0.912 bits per heavy atom. The average Bonchev–Trinajstić information content (AvgIpc) is 0.830. The van der Waals surface area contributed by atoms with Crippen LogP contribution in [0.1, 0.15) is 179 Å². The monoisotopic (exact) mass is 1940 g/mol. The summed E-state index contributed by atoms with van der Waals surface area (Å²) in [6.07, 6.45) is 8.32. The van der Waals surface area contributed by atoms with E-state index in [0.717, 1.165) is 28.7 Å². The van der Waals surface area contributed by atoms with Gasteiger partial charge in [0, 0.05) is 62.9 Å². The van der Waals surface area contributed by atoms with E-state index in [9.17, 15) is 87.1 Å². The van der Waals surface area contributed by atoms with Crippen molar-refractivity contribution >= 4 is 59.8 Å². The Morgan fingerprint density at radius 2 is 0.676 bits per heavy atom. The number of carboxylic acids is 3. The molecule has 136 heavy (non-hydrogen) atoms. The molecule has 0 amide bonds. The largest absolute Gasteiger partial charge is 1.00 e. The van der Waals surface area contributed by atoms with E-state index in [4.69, 9.17) is 67.9 Å². The van der Waals surface area contributed by atoms with Crippen LogP contribution in [0.2, 0.25) is 0 Å². The molecule has 40 heteroatoms. The fourth-order valence-corrected chi connectivity index (χ4v) is 11.5. The summed E-state index contributed by atoms with van der Waals surface area (Å²) in [5, 5.41) is 34.3. The van der Waals surface area contributed by atoms with E-state index in [0.29, 0.717) is 55.7 Å². The molecule has 29 nitrogen and oxygen atoms in total. The molecular formula is C96H117F10N2NaO27. The zero-order chi connectivity index (χ0) is 100. The van der Waals surface area contributed by atoms with E-state index in [1.807, 2.05) is 140 Å². The maximum absolute atomic E-state index is 13.0. The molecule has 9 heterocycles. The summed E-state index contributed by atoms with van der Waals surface area (Å²) in [5.74, 6) is -20.1. The summed E-state index contributed by atoms with van der Waals surface area (Å²) in [5.41, 5.74) is -3.18. The molecule has 7 aliphatic heterocycles.